The van der Waals surface area contributed by atoms with Crippen molar-refractivity contribution in [2.45, 2.75) is 32.6 Å². The molecule has 26 heavy (non-hydrogen) atoms. The zero-order valence-corrected chi connectivity index (χ0v) is 16.0. The number of allylic oxidation sites excluding steroid dienone is 1. The van der Waals surface area contributed by atoms with Crippen molar-refractivity contribution in [1.29, 1.82) is 0 Å². The molecule has 10 heteroatoms. The van der Waals surface area contributed by atoms with Crippen molar-refractivity contribution < 1.29 is 13.8 Å². The van der Waals surface area contributed by atoms with Gasteiger partial charge in [-0.1, -0.05) is 26.0 Å². The number of fused-ring (bicyclic) bond motifs is 1. The molecule has 2 aromatic heterocycles. The van der Waals surface area contributed by atoms with Crippen LogP contribution in [0.15, 0.2) is 23.3 Å². The molecule has 1 aliphatic rings. The largest absolute Gasteiger partial charge is 0.369 e. The van der Waals surface area contributed by atoms with Crippen LogP contribution in [0.4, 0.5) is 5.95 Å². The molecule has 142 valence electrons. The Bertz CT molecular complexity index is 913. The highest BCUT2D eigenvalue weighted by Crippen LogP contribution is 2.49. The lowest BCUT2D eigenvalue weighted by Crippen LogP contribution is -2.24. The zero-order valence-electron chi connectivity index (χ0n) is 15.1. The number of hydrogen-bond acceptors (Lipinski definition) is 7. The lowest BCUT2D eigenvalue weighted by Gasteiger charge is -2.26. The molecule has 0 spiro atoms. The van der Waals surface area contributed by atoms with Gasteiger partial charge in [-0.25, -0.2) is 4.98 Å². The van der Waals surface area contributed by atoms with E-state index in [0.717, 1.165) is 0 Å². The first-order valence-corrected chi connectivity index (χ1v) is 10.6. The third-order valence-electron chi connectivity index (χ3n) is 4.74. The first-order chi connectivity index (χ1) is 12.4. The monoisotopic (exact) mass is 381 g/mol. The molecule has 3 N–H and O–H groups in total. The number of nitrogens with two attached hydrogens (primary N) is 1. The fourth-order valence-electron chi connectivity index (χ4n) is 3.16. The summed E-state index contributed by atoms with van der Waals surface area (Å²) in [4.78, 5) is 22.7. The summed E-state index contributed by atoms with van der Waals surface area (Å²) in [6, 6.07) is -0.0670. The highest BCUT2D eigenvalue weighted by molar-refractivity contribution is 7.58. The van der Waals surface area contributed by atoms with Crippen molar-refractivity contribution >= 4 is 24.5 Å². The van der Waals surface area contributed by atoms with Gasteiger partial charge in [0.25, 0.3) is 5.56 Å². The average molecular weight is 381 g/mol. The molecule has 0 saturated heterocycles. The predicted octanol–water partition coefficient (Wildman–Crippen LogP) is 2.13. The Kier molecular flexibility index (Phi) is 5.32. The van der Waals surface area contributed by atoms with Gasteiger partial charge in [-0.2, -0.15) is 4.98 Å². The van der Waals surface area contributed by atoms with E-state index in [2.05, 4.69) is 15.0 Å². The molecular formula is C16H24N5O4P. The van der Waals surface area contributed by atoms with Crippen LogP contribution < -0.4 is 11.3 Å². The Labute approximate surface area is 151 Å². The molecule has 2 aromatic rings. The molecule has 0 bridgehead atoms. The standard InChI is InChI=1S/C16H24N5O4P/c1-4-26(23,5-2)25-15(24-3)10-6-7-11(8-10)21-9-18-12-13(21)19-16(17)20-14(12)22/h6-7,9-11,15H,4-5,8H2,1-3H3,(H3,17,19,20,22). The molecule has 0 radical (unpaired) electrons. The molecule has 0 aliphatic heterocycles. The number of imidazole rings is 1. The van der Waals surface area contributed by atoms with Crippen molar-refractivity contribution in [3.63, 3.8) is 0 Å². The molecule has 2 heterocycles. The number of hydrogen-bond donors (Lipinski definition) is 2. The summed E-state index contributed by atoms with van der Waals surface area (Å²) >= 11 is 0. The predicted molar refractivity (Wildman–Crippen MR) is 99.4 cm³/mol. The third-order valence-corrected chi connectivity index (χ3v) is 7.26. The van der Waals surface area contributed by atoms with Gasteiger partial charge >= 0.3 is 0 Å². The van der Waals surface area contributed by atoms with Gasteiger partial charge < -0.3 is 15.0 Å². The van der Waals surface area contributed by atoms with E-state index in [1.165, 1.54) is 0 Å². The van der Waals surface area contributed by atoms with Crippen LogP contribution in [0.5, 0.6) is 0 Å². The number of methoxy groups -OCH3 is 1. The second-order valence-electron chi connectivity index (χ2n) is 6.28. The molecule has 0 amide bonds. The number of rotatable bonds is 7. The highest BCUT2D eigenvalue weighted by atomic mass is 31.2. The molecule has 3 unspecified atom stereocenters. The summed E-state index contributed by atoms with van der Waals surface area (Å²) in [5.41, 5.74) is 5.97. The summed E-state index contributed by atoms with van der Waals surface area (Å²) < 4.78 is 25.7. The van der Waals surface area contributed by atoms with Crippen LogP contribution in [0.1, 0.15) is 26.3 Å². The van der Waals surface area contributed by atoms with Gasteiger partial charge in [0.1, 0.15) is 0 Å². The highest BCUT2D eigenvalue weighted by Gasteiger charge is 2.33. The number of nitrogens with zero attached hydrogens (tertiary/aromatic N) is 3. The van der Waals surface area contributed by atoms with Gasteiger partial charge in [-0.05, 0) is 6.42 Å². The Morgan fingerprint density at radius 1 is 1.42 bits per heavy atom. The normalized spacial score (nSPS) is 21.5. The van der Waals surface area contributed by atoms with Crippen LogP contribution in [0.25, 0.3) is 11.2 Å². The fraction of sp³-hybridized carbons (Fsp3) is 0.562. The molecule has 0 saturated carbocycles. The lowest BCUT2D eigenvalue weighted by molar-refractivity contribution is -0.0799. The molecule has 0 fully saturated rings. The summed E-state index contributed by atoms with van der Waals surface area (Å²) in [6.07, 6.45) is 6.57. The first-order valence-electron chi connectivity index (χ1n) is 8.60. The Morgan fingerprint density at radius 3 is 2.81 bits per heavy atom. The van der Waals surface area contributed by atoms with E-state index in [1.807, 2.05) is 30.6 Å². The van der Waals surface area contributed by atoms with Crippen LogP contribution in [0.2, 0.25) is 0 Å². The number of anilines is 1. The van der Waals surface area contributed by atoms with Gasteiger partial charge in [-0.15, -0.1) is 0 Å². The molecular weight excluding hydrogens is 357 g/mol. The molecule has 3 rings (SSSR count). The number of nitrogens with one attached hydrogen (secondary N) is 1. The molecule has 0 aromatic carbocycles. The van der Waals surface area contributed by atoms with Crippen molar-refractivity contribution in [2.24, 2.45) is 5.92 Å². The van der Waals surface area contributed by atoms with Crippen molar-refractivity contribution in [1.82, 2.24) is 19.5 Å². The van der Waals surface area contributed by atoms with E-state index >= 15 is 0 Å². The van der Waals surface area contributed by atoms with E-state index in [4.69, 9.17) is 15.0 Å². The summed E-state index contributed by atoms with van der Waals surface area (Å²) in [5, 5.41) is 0. The van der Waals surface area contributed by atoms with Crippen LogP contribution in [0.3, 0.4) is 0 Å². The quantitative estimate of drug-likeness (QED) is 0.427. The summed E-state index contributed by atoms with van der Waals surface area (Å²) in [5.74, 6) is -0.0130. The van der Waals surface area contributed by atoms with Crippen LogP contribution in [-0.2, 0) is 13.8 Å². The van der Waals surface area contributed by atoms with E-state index in [9.17, 15) is 9.36 Å². The van der Waals surface area contributed by atoms with E-state index in [1.54, 1.807) is 13.4 Å². The maximum atomic E-state index is 12.6. The van der Waals surface area contributed by atoms with Crippen LogP contribution in [-0.4, -0.2) is 45.2 Å². The minimum Gasteiger partial charge on any atom is -0.369 e. The van der Waals surface area contributed by atoms with Gasteiger partial charge in [0.05, 0.1) is 12.4 Å². The van der Waals surface area contributed by atoms with Gasteiger partial charge in [0, 0.05) is 25.4 Å². The van der Waals surface area contributed by atoms with E-state index in [0.29, 0.717) is 24.4 Å². The number of aromatic amines is 1. The summed E-state index contributed by atoms with van der Waals surface area (Å²) in [7, 11) is -1.14. The van der Waals surface area contributed by atoms with Gasteiger partial charge in [-0.3, -0.25) is 18.9 Å². The van der Waals surface area contributed by atoms with Gasteiger partial charge in [0.2, 0.25) is 13.3 Å². The second kappa shape index (κ2) is 7.34. The number of H-pyrrole nitrogens is 1. The maximum Gasteiger partial charge on any atom is 0.280 e. The van der Waals surface area contributed by atoms with E-state index in [-0.39, 0.29) is 29.0 Å². The number of ether oxygens (including phenoxy) is 1. The first kappa shape index (κ1) is 18.8. The summed E-state index contributed by atoms with van der Waals surface area (Å²) in [6.45, 7) is 3.71. The zero-order chi connectivity index (χ0) is 18.9. The minimum atomic E-state index is -2.69. The second-order valence-corrected chi connectivity index (χ2v) is 9.39. The number of aromatic nitrogens is 4. The smallest absolute Gasteiger partial charge is 0.280 e. The minimum absolute atomic E-state index is 0.0488. The molecule has 1 aliphatic carbocycles. The maximum absolute atomic E-state index is 12.6. The van der Waals surface area contributed by atoms with Crippen LogP contribution in [0, 0.1) is 5.92 Å². The average Bonchev–Trinajstić information content (AvgIpc) is 3.26. The van der Waals surface area contributed by atoms with Crippen molar-refractivity contribution in [3.05, 3.63) is 28.8 Å². The Balaban J connectivity index is 1.82. The van der Waals surface area contributed by atoms with E-state index < -0.39 is 13.7 Å². The van der Waals surface area contributed by atoms with Crippen molar-refractivity contribution in [2.75, 3.05) is 25.2 Å². The Hall–Kier alpha value is -1.96. The SMILES string of the molecule is CCP(=O)(CC)OC(OC)C1C=CC(n2cnc3c(=O)[nH]c(N)nc32)C1. The molecule has 9 nitrogen and oxygen atoms in total. The lowest BCUT2D eigenvalue weighted by atomic mass is 10.1. The number of nitrogen functional groups attached to an aromatic ring is 1. The van der Waals surface area contributed by atoms with Gasteiger partial charge in [0.15, 0.2) is 17.5 Å². The third kappa shape index (κ3) is 3.47. The topological polar surface area (TPSA) is 125 Å². The molecule has 3 atom stereocenters. The van der Waals surface area contributed by atoms with Crippen molar-refractivity contribution in [3.8, 4) is 0 Å². The fourth-order valence-corrected chi connectivity index (χ4v) is 4.53. The Morgan fingerprint density at radius 2 is 2.15 bits per heavy atom. The van der Waals surface area contributed by atoms with Crippen LogP contribution >= 0.6 is 7.37 Å².